The summed E-state index contributed by atoms with van der Waals surface area (Å²) >= 11 is 0. The Morgan fingerprint density at radius 1 is 0.682 bits per heavy atom. The van der Waals surface area contributed by atoms with Crippen molar-refractivity contribution in [1.29, 1.82) is 5.41 Å². The van der Waals surface area contributed by atoms with E-state index in [-0.39, 0.29) is 24.1 Å². The van der Waals surface area contributed by atoms with Crippen molar-refractivity contribution in [3.05, 3.63) is 161 Å². The molecule has 1 amide bonds. The highest BCUT2D eigenvalue weighted by Gasteiger charge is 2.23. The summed E-state index contributed by atoms with van der Waals surface area (Å²) in [4.78, 5) is 13.8. The Morgan fingerprint density at radius 3 is 1.64 bits per heavy atom. The summed E-state index contributed by atoms with van der Waals surface area (Å²) in [6, 6.07) is 41.5. The lowest BCUT2D eigenvalue weighted by Gasteiger charge is -2.22. The van der Waals surface area contributed by atoms with E-state index in [9.17, 15) is 4.79 Å². The average molecular weight is 607 g/mol. The first-order valence-corrected chi connectivity index (χ1v) is 14.0. The molecular weight excluding hydrogens is 572 g/mol. The molecule has 1 unspecified atom stereocenters. The number of hydrogen-bond acceptors (Lipinski definition) is 5. The minimum Gasteiger partial charge on any atom is -0.489 e. The predicted octanol–water partition coefficient (Wildman–Crippen LogP) is 7.02. The first kappa shape index (κ1) is 31.7. The summed E-state index contributed by atoms with van der Waals surface area (Å²) in [6.07, 6.45) is 0. The zero-order valence-electron chi connectivity index (χ0n) is 24.1. The zero-order valence-corrected chi connectivity index (χ0v) is 24.9. The van der Waals surface area contributed by atoms with E-state index < -0.39 is 6.04 Å². The van der Waals surface area contributed by atoms with Gasteiger partial charge >= 0.3 is 0 Å². The number of amidine groups is 1. The van der Waals surface area contributed by atoms with Gasteiger partial charge in [0, 0.05) is 23.9 Å². The lowest BCUT2D eigenvalue weighted by Crippen LogP contribution is -2.33. The molecule has 0 heterocycles. The third-order valence-electron chi connectivity index (χ3n) is 6.81. The summed E-state index contributed by atoms with van der Waals surface area (Å²) in [5.41, 5.74) is 10.7. The molecule has 1 atom stereocenters. The summed E-state index contributed by atoms with van der Waals surface area (Å²) in [7, 11) is 0. The van der Waals surface area contributed by atoms with Crippen molar-refractivity contribution in [1.82, 2.24) is 5.32 Å². The molecule has 44 heavy (non-hydrogen) atoms. The Morgan fingerprint density at radius 2 is 1.16 bits per heavy atom. The maximum absolute atomic E-state index is 13.8. The molecule has 0 saturated heterocycles. The largest absolute Gasteiger partial charge is 0.489 e. The van der Waals surface area contributed by atoms with Crippen LogP contribution >= 0.6 is 12.4 Å². The molecule has 0 saturated carbocycles. The van der Waals surface area contributed by atoms with E-state index in [2.05, 4.69) is 10.6 Å². The Labute approximate surface area is 264 Å². The van der Waals surface area contributed by atoms with Crippen LogP contribution in [0.1, 0.15) is 33.9 Å². The Balaban J connectivity index is 0.00000442. The minimum absolute atomic E-state index is 0. The molecule has 5 aromatic carbocycles. The number of amides is 1. The first-order chi connectivity index (χ1) is 21.0. The van der Waals surface area contributed by atoms with Crippen molar-refractivity contribution in [2.24, 2.45) is 5.73 Å². The van der Waals surface area contributed by atoms with Gasteiger partial charge in [-0.1, -0.05) is 91.0 Å². The van der Waals surface area contributed by atoms with Gasteiger partial charge in [0.2, 0.25) is 5.91 Å². The number of nitrogen functional groups attached to an aromatic ring is 1. The van der Waals surface area contributed by atoms with E-state index in [1.807, 2.05) is 109 Å². The quantitative estimate of drug-likeness (QED) is 0.0850. The van der Waals surface area contributed by atoms with Crippen LogP contribution in [0, 0.1) is 5.41 Å². The number of benzene rings is 5. The van der Waals surface area contributed by atoms with Crippen molar-refractivity contribution < 1.29 is 14.3 Å². The molecule has 0 radical (unpaired) electrons. The van der Waals surface area contributed by atoms with Crippen molar-refractivity contribution in [2.75, 3.05) is 5.32 Å². The molecule has 0 aromatic heterocycles. The summed E-state index contributed by atoms with van der Waals surface area (Å²) in [5, 5.41) is 14.1. The molecule has 0 aliphatic heterocycles. The standard InChI is InChI=1S/C36H34N4O3.ClH/c37-35(38)29-16-18-31(19-17-29)40-34(36(41)39-23-26-10-4-1-5-11-26)30-20-32(42-24-27-12-6-2-7-13-27)22-33(21-30)43-25-28-14-8-3-9-15-28;/h1-22,34,40H,23-25H2,(H3,37,38)(H,39,41);1H. The van der Waals surface area contributed by atoms with Gasteiger partial charge in [0.1, 0.15) is 36.6 Å². The van der Waals surface area contributed by atoms with Crippen LogP contribution in [0.2, 0.25) is 0 Å². The molecule has 5 rings (SSSR count). The van der Waals surface area contributed by atoms with Crippen molar-refractivity contribution in [3.8, 4) is 11.5 Å². The van der Waals surface area contributed by atoms with Crippen LogP contribution in [0.3, 0.4) is 0 Å². The number of carbonyl (C=O) groups is 1. The number of ether oxygens (including phenoxy) is 2. The second-order valence-electron chi connectivity index (χ2n) is 10.1. The van der Waals surface area contributed by atoms with Crippen molar-refractivity contribution in [3.63, 3.8) is 0 Å². The SMILES string of the molecule is Cl.N=C(N)c1ccc(NC(C(=O)NCc2ccccc2)c2cc(OCc3ccccc3)cc(OCc3ccccc3)c2)cc1. The summed E-state index contributed by atoms with van der Waals surface area (Å²) in [5.74, 6) is 0.930. The van der Waals surface area contributed by atoms with Gasteiger partial charge in [-0.15, -0.1) is 12.4 Å². The normalized spacial score (nSPS) is 11.0. The van der Waals surface area contributed by atoms with Crippen LogP contribution in [-0.4, -0.2) is 11.7 Å². The molecule has 0 spiro atoms. The van der Waals surface area contributed by atoms with Crippen LogP contribution in [0.25, 0.3) is 0 Å². The second kappa shape index (κ2) is 15.8. The highest BCUT2D eigenvalue weighted by molar-refractivity contribution is 5.95. The van der Waals surface area contributed by atoms with Crippen LogP contribution in [0.4, 0.5) is 5.69 Å². The van der Waals surface area contributed by atoms with Crippen LogP contribution in [-0.2, 0) is 24.6 Å². The highest BCUT2D eigenvalue weighted by Crippen LogP contribution is 2.30. The Bertz CT molecular complexity index is 1570. The Kier molecular flexibility index (Phi) is 11.4. The molecule has 0 aliphatic rings. The number of halogens is 1. The lowest BCUT2D eigenvalue weighted by molar-refractivity contribution is -0.122. The number of carbonyl (C=O) groups excluding carboxylic acids is 1. The van der Waals surface area contributed by atoms with Gasteiger partial charge in [-0.05, 0) is 58.7 Å². The van der Waals surface area contributed by atoms with E-state index in [1.165, 1.54) is 0 Å². The van der Waals surface area contributed by atoms with Gasteiger partial charge in [0.15, 0.2) is 0 Å². The van der Waals surface area contributed by atoms with Crippen LogP contribution < -0.4 is 25.8 Å². The maximum Gasteiger partial charge on any atom is 0.247 e. The number of nitrogens with two attached hydrogens (primary N) is 1. The molecular formula is C36H35ClN4O3. The van der Waals surface area contributed by atoms with E-state index >= 15 is 0 Å². The monoisotopic (exact) mass is 606 g/mol. The van der Waals surface area contributed by atoms with E-state index in [0.717, 1.165) is 16.7 Å². The smallest absolute Gasteiger partial charge is 0.247 e. The van der Waals surface area contributed by atoms with Crippen molar-refractivity contribution >= 4 is 29.8 Å². The van der Waals surface area contributed by atoms with Crippen LogP contribution in [0.15, 0.2) is 133 Å². The van der Waals surface area contributed by atoms with E-state index in [0.29, 0.717) is 48.1 Å². The number of rotatable bonds is 13. The predicted molar refractivity (Wildman–Crippen MR) is 177 cm³/mol. The lowest BCUT2D eigenvalue weighted by atomic mass is 10.0. The molecule has 5 N–H and O–H groups in total. The highest BCUT2D eigenvalue weighted by atomic mass is 35.5. The molecule has 7 nitrogen and oxygen atoms in total. The fourth-order valence-corrected chi connectivity index (χ4v) is 4.51. The number of hydrogen-bond donors (Lipinski definition) is 4. The summed E-state index contributed by atoms with van der Waals surface area (Å²) < 4.78 is 12.4. The van der Waals surface area contributed by atoms with E-state index in [1.54, 1.807) is 24.3 Å². The Hall–Kier alpha value is -5.27. The third-order valence-corrected chi connectivity index (χ3v) is 6.81. The second-order valence-corrected chi connectivity index (χ2v) is 10.1. The van der Waals surface area contributed by atoms with Gasteiger partial charge in [-0.2, -0.15) is 0 Å². The fourth-order valence-electron chi connectivity index (χ4n) is 4.51. The molecule has 0 aliphatic carbocycles. The first-order valence-electron chi connectivity index (χ1n) is 14.0. The van der Waals surface area contributed by atoms with Gasteiger partial charge in [-0.25, -0.2) is 0 Å². The molecule has 224 valence electrons. The number of nitrogens with one attached hydrogen (secondary N) is 3. The van der Waals surface area contributed by atoms with Crippen molar-refractivity contribution in [2.45, 2.75) is 25.8 Å². The topological polar surface area (TPSA) is 109 Å². The maximum atomic E-state index is 13.8. The zero-order chi connectivity index (χ0) is 29.9. The van der Waals surface area contributed by atoms with Gasteiger partial charge < -0.3 is 25.8 Å². The summed E-state index contributed by atoms with van der Waals surface area (Å²) in [6.45, 7) is 1.11. The molecule has 0 fully saturated rings. The molecule has 8 heteroatoms. The minimum atomic E-state index is -0.772. The third kappa shape index (κ3) is 9.11. The van der Waals surface area contributed by atoms with Gasteiger partial charge in [-0.3, -0.25) is 10.2 Å². The average Bonchev–Trinajstić information content (AvgIpc) is 3.06. The van der Waals surface area contributed by atoms with E-state index in [4.69, 9.17) is 20.6 Å². The molecule has 0 bridgehead atoms. The van der Waals surface area contributed by atoms with Gasteiger partial charge in [0.05, 0.1) is 0 Å². The number of anilines is 1. The van der Waals surface area contributed by atoms with Gasteiger partial charge in [0.25, 0.3) is 0 Å². The fraction of sp³-hybridized carbons (Fsp3) is 0.111. The van der Waals surface area contributed by atoms with Crippen LogP contribution in [0.5, 0.6) is 11.5 Å². The molecule has 5 aromatic rings.